The Kier molecular flexibility index (Phi) is 6.90. The number of hydrogen-bond donors (Lipinski definition) is 2. The third-order valence-corrected chi connectivity index (χ3v) is 7.11. The number of aromatic amines is 1. The number of likely N-dealkylation sites (N-methyl/N-ethyl adjacent to an activating group) is 1. The molecule has 1 aliphatic rings. The Balaban J connectivity index is 1.69. The number of sulfonamides is 1. The van der Waals surface area contributed by atoms with Crippen molar-refractivity contribution in [3.63, 3.8) is 0 Å². The lowest BCUT2D eigenvalue weighted by molar-refractivity contribution is -0.890. The summed E-state index contributed by atoms with van der Waals surface area (Å²) in [4.78, 5) is 4.55. The third kappa shape index (κ3) is 4.82. The topological polar surface area (TPSA) is 77.2 Å². The van der Waals surface area contributed by atoms with Crippen LogP contribution in [0.2, 0.25) is 5.02 Å². The first-order valence-corrected chi connectivity index (χ1v) is 11.1. The van der Waals surface area contributed by atoms with Gasteiger partial charge in [-0.2, -0.15) is 4.31 Å². The molecule has 0 saturated carbocycles. The molecule has 2 heterocycles. The van der Waals surface area contributed by atoms with Crippen molar-refractivity contribution < 1.29 is 23.0 Å². The van der Waals surface area contributed by atoms with Gasteiger partial charge in [0.15, 0.2) is 6.04 Å². The van der Waals surface area contributed by atoms with Crippen molar-refractivity contribution in [2.45, 2.75) is 10.9 Å². The molecule has 152 valence electrons. The van der Waals surface area contributed by atoms with Crippen LogP contribution in [0.3, 0.4) is 0 Å². The predicted molar refractivity (Wildman–Crippen MR) is 108 cm³/mol. The maximum Gasteiger partial charge on any atom is 0.272 e. The maximum atomic E-state index is 12.7. The van der Waals surface area contributed by atoms with Crippen LogP contribution >= 0.6 is 11.6 Å². The Morgan fingerprint density at radius 1 is 1.21 bits per heavy atom. The number of pyridine rings is 1. The summed E-state index contributed by atoms with van der Waals surface area (Å²) >= 11 is 6.36. The highest BCUT2D eigenvalue weighted by Crippen LogP contribution is 2.21. The second-order valence-electron chi connectivity index (χ2n) is 6.99. The zero-order chi connectivity index (χ0) is 20.1. The van der Waals surface area contributed by atoms with E-state index < -0.39 is 10.0 Å². The van der Waals surface area contributed by atoms with Gasteiger partial charge in [-0.15, -0.1) is 0 Å². The summed E-state index contributed by atoms with van der Waals surface area (Å²) < 4.78 is 32.1. The highest BCUT2D eigenvalue weighted by molar-refractivity contribution is 7.89. The summed E-state index contributed by atoms with van der Waals surface area (Å²) in [6.45, 7) is 2.27. The Bertz CT molecular complexity index is 884. The Labute approximate surface area is 171 Å². The summed E-state index contributed by atoms with van der Waals surface area (Å²) in [6, 6.07) is 11.3. The number of aromatic nitrogens is 1. The zero-order valence-corrected chi connectivity index (χ0v) is 17.7. The van der Waals surface area contributed by atoms with Gasteiger partial charge >= 0.3 is 0 Å². The molecule has 9 heteroatoms. The Hall–Kier alpha value is -1.71. The number of halogens is 1. The van der Waals surface area contributed by atoms with Crippen LogP contribution in [0.15, 0.2) is 47.5 Å². The van der Waals surface area contributed by atoms with Crippen LogP contribution in [0.25, 0.3) is 0 Å². The molecule has 7 nitrogen and oxygen atoms in total. The van der Waals surface area contributed by atoms with E-state index in [1.165, 1.54) is 15.4 Å². The molecule has 3 rings (SSSR count). The van der Waals surface area contributed by atoms with Crippen molar-refractivity contribution in [1.82, 2.24) is 4.31 Å². The minimum Gasteiger partial charge on any atom is -0.379 e. The highest BCUT2D eigenvalue weighted by atomic mass is 35.5. The first kappa shape index (κ1) is 21.0. The number of morpholine rings is 1. The fourth-order valence-corrected chi connectivity index (χ4v) is 4.86. The number of rotatable bonds is 7. The molecule has 0 amide bonds. The van der Waals surface area contributed by atoms with Gasteiger partial charge in [0.05, 0.1) is 27.3 Å². The fourth-order valence-electron chi connectivity index (χ4n) is 3.21. The van der Waals surface area contributed by atoms with E-state index in [1.54, 1.807) is 12.1 Å². The molecule has 28 heavy (non-hydrogen) atoms. The molecule has 3 N–H and O–H groups in total. The first-order valence-electron chi connectivity index (χ1n) is 9.27. The van der Waals surface area contributed by atoms with E-state index in [4.69, 9.17) is 16.3 Å². The van der Waals surface area contributed by atoms with Crippen molar-refractivity contribution in [3.05, 3.63) is 53.2 Å². The number of benzene rings is 1. The van der Waals surface area contributed by atoms with Gasteiger partial charge < -0.3 is 9.64 Å². The van der Waals surface area contributed by atoms with Crippen LogP contribution in [0, 0.1) is 0 Å². The van der Waals surface area contributed by atoms with E-state index in [0.29, 0.717) is 32.8 Å². The van der Waals surface area contributed by atoms with E-state index in [2.05, 4.69) is 24.4 Å². The van der Waals surface area contributed by atoms with Gasteiger partial charge in [0.1, 0.15) is 17.6 Å². The standard InChI is InChI=1S/C19H25ClN4O3S/c1-23(2)18(16-5-3-4-6-17(16)20)14-22-19-8-7-15(13-21-19)28(25,26)24-9-11-27-12-10-24/h3-8,13,18H,9-12,14H2,1-2H3,(H,21,22)/p+2/t18-/m1/s1. The molecule has 1 aliphatic heterocycles. The van der Waals surface area contributed by atoms with E-state index in [1.807, 2.05) is 24.3 Å². The number of quaternary nitrogens is 1. The van der Waals surface area contributed by atoms with Crippen LogP contribution in [0.5, 0.6) is 0 Å². The number of anilines is 1. The summed E-state index contributed by atoms with van der Waals surface area (Å²) in [5.41, 5.74) is 1.07. The Morgan fingerprint density at radius 3 is 2.54 bits per heavy atom. The van der Waals surface area contributed by atoms with Crippen molar-refractivity contribution >= 4 is 27.4 Å². The van der Waals surface area contributed by atoms with Gasteiger partial charge in [-0.25, -0.2) is 13.4 Å². The monoisotopic (exact) mass is 426 g/mol. The SMILES string of the molecule is C[NH+](C)[C@H](CNc1ccc(S(=O)(=O)N2CCOCC2)c[nH+]1)c1ccccc1Cl. The van der Waals surface area contributed by atoms with Crippen molar-refractivity contribution in [3.8, 4) is 0 Å². The van der Waals surface area contributed by atoms with Gasteiger partial charge in [-0.05, 0) is 12.1 Å². The molecule has 1 aromatic carbocycles. The number of nitrogens with zero attached hydrogens (tertiary/aromatic N) is 1. The fraction of sp³-hybridized carbons (Fsp3) is 0.421. The normalized spacial score (nSPS) is 16.9. The minimum absolute atomic E-state index is 0.152. The van der Waals surface area contributed by atoms with Crippen LogP contribution in [-0.4, -0.2) is 59.7 Å². The second-order valence-corrected chi connectivity index (χ2v) is 9.33. The van der Waals surface area contributed by atoms with Gasteiger partial charge in [0.25, 0.3) is 5.82 Å². The molecular formula is C19H27ClN4O3S+2. The molecular weight excluding hydrogens is 400 g/mol. The molecule has 1 fully saturated rings. The number of hydrogen-bond acceptors (Lipinski definition) is 4. The van der Waals surface area contributed by atoms with E-state index >= 15 is 0 Å². The third-order valence-electron chi connectivity index (χ3n) is 4.87. The van der Waals surface area contributed by atoms with Crippen LogP contribution in [0.1, 0.15) is 11.6 Å². The first-order chi connectivity index (χ1) is 13.4. The van der Waals surface area contributed by atoms with Crippen LogP contribution in [0.4, 0.5) is 5.82 Å². The molecule has 0 radical (unpaired) electrons. The lowest BCUT2D eigenvalue weighted by Crippen LogP contribution is -3.06. The summed E-state index contributed by atoms with van der Waals surface area (Å²) in [5.74, 6) is 0.749. The van der Waals surface area contributed by atoms with Gasteiger partial charge in [0.2, 0.25) is 10.0 Å². The van der Waals surface area contributed by atoms with Crippen LogP contribution < -0.4 is 15.2 Å². The van der Waals surface area contributed by atoms with Crippen LogP contribution in [-0.2, 0) is 14.8 Å². The summed E-state index contributed by atoms with van der Waals surface area (Å²) in [6.07, 6.45) is 1.53. The molecule has 2 aromatic rings. The minimum atomic E-state index is -3.50. The largest absolute Gasteiger partial charge is 0.379 e. The average Bonchev–Trinajstić information content (AvgIpc) is 2.70. The highest BCUT2D eigenvalue weighted by Gasteiger charge is 2.28. The predicted octanol–water partition coefficient (Wildman–Crippen LogP) is 0.473. The number of H-pyrrole nitrogens is 1. The lowest BCUT2D eigenvalue weighted by Gasteiger charge is -2.25. The van der Waals surface area contributed by atoms with Gasteiger partial charge in [-0.3, -0.25) is 5.32 Å². The quantitative estimate of drug-likeness (QED) is 0.674. The number of nitrogens with one attached hydrogen (secondary N) is 3. The summed E-state index contributed by atoms with van der Waals surface area (Å²) in [7, 11) is 0.662. The molecule has 1 aromatic heterocycles. The summed E-state index contributed by atoms with van der Waals surface area (Å²) in [5, 5.41) is 4.09. The van der Waals surface area contributed by atoms with Gasteiger partial charge in [0, 0.05) is 29.7 Å². The molecule has 0 bridgehead atoms. The van der Waals surface area contributed by atoms with Crippen molar-refractivity contribution in [1.29, 1.82) is 0 Å². The van der Waals surface area contributed by atoms with E-state index in [0.717, 1.165) is 16.4 Å². The van der Waals surface area contributed by atoms with Crippen molar-refractivity contribution in [2.24, 2.45) is 0 Å². The van der Waals surface area contributed by atoms with Crippen molar-refractivity contribution in [2.75, 3.05) is 52.3 Å². The molecule has 1 saturated heterocycles. The molecule has 1 atom stereocenters. The zero-order valence-electron chi connectivity index (χ0n) is 16.1. The van der Waals surface area contributed by atoms with E-state index in [-0.39, 0.29) is 10.9 Å². The molecule has 0 spiro atoms. The molecule has 0 unspecified atom stereocenters. The number of ether oxygens (including phenoxy) is 1. The molecule has 0 aliphatic carbocycles. The lowest BCUT2D eigenvalue weighted by atomic mass is 10.1. The van der Waals surface area contributed by atoms with E-state index in [9.17, 15) is 8.42 Å². The smallest absolute Gasteiger partial charge is 0.272 e. The second kappa shape index (κ2) is 9.19. The average molecular weight is 427 g/mol. The Morgan fingerprint density at radius 2 is 1.93 bits per heavy atom. The maximum absolute atomic E-state index is 12.7. The van der Waals surface area contributed by atoms with Gasteiger partial charge in [-0.1, -0.05) is 29.8 Å².